The lowest BCUT2D eigenvalue weighted by atomic mass is 10.1. The second-order valence-corrected chi connectivity index (χ2v) is 5.41. The summed E-state index contributed by atoms with van der Waals surface area (Å²) in [6, 6.07) is 0. The zero-order chi connectivity index (χ0) is 12.5. The Morgan fingerprint density at radius 2 is 2.00 bits per heavy atom. The molecule has 5 atom stereocenters. The molecule has 0 saturated carbocycles. The lowest BCUT2D eigenvalue weighted by Crippen LogP contribution is -2.56. The number of hydrogen-bond acceptors (Lipinski definition) is 6. The van der Waals surface area contributed by atoms with Crippen LogP contribution in [0, 0.1) is 0 Å². The molecule has 1 unspecified atom stereocenters. The van der Waals surface area contributed by atoms with E-state index in [4.69, 9.17) is 5.11 Å². The highest BCUT2D eigenvalue weighted by Crippen LogP contribution is 2.52. The van der Waals surface area contributed by atoms with Crippen LogP contribution in [0.2, 0.25) is 0 Å². The van der Waals surface area contributed by atoms with Gasteiger partial charge in [0.1, 0.15) is 18.3 Å². The maximum absolute atomic E-state index is 11.6. The van der Waals surface area contributed by atoms with Gasteiger partial charge in [-0.1, -0.05) is 0 Å². The molecular formula is C7H14NO7P. The van der Waals surface area contributed by atoms with E-state index in [0.29, 0.717) is 0 Å². The van der Waals surface area contributed by atoms with Gasteiger partial charge in [0.25, 0.3) is 0 Å². The molecule has 0 aromatic heterocycles. The lowest BCUT2D eigenvalue weighted by molar-refractivity contribution is -0.124. The van der Waals surface area contributed by atoms with Crippen LogP contribution in [0.5, 0.6) is 0 Å². The Kier molecular flexibility index (Phi) is 4.06. The third kappa shape index (κ3) is 2.60. The maximum atomic E-state index is 11.6. The number of carbonyl (C=O) groups is 1. The Labute approximate surface area is 91.4 Å². The van der Waals surface area contributed by atoms with Crippen molar-refractivity contribution in [1.82, 2.24) is 5.32 Å². The summed E-state index contributed by atoms with van der Waals surface area (Å²) in [5, 5.41) is 29.8. The van der Waals surface area contributed by atoms with Crippen molar-refractivity contribution in [2.24, 2.45) is 0 Å². The number of rotatable bonds is 2. The van der Waals surface area contributed by atoms with Gasteiger partial charge in [-0.2, -0.15) is 0 Å². The van der Waals surface area contributed by atoms with Crippen LogP contribution < -0.4 is 5.32 Å². The molecule has 94 valence electrons. The van der Waals surface area contributed by atoms with E-state index >= 15 is 0 Å². The molecule has 5 N–H and O–H groups in total. The molecule has 0 aromatic rings. The highest BCUT2D eigenvalue weighted by Gasteiger charge is 2.51. The first kappa shape index (κ1) is 13.6. The van der Waals surface area contributed by atoms with Crippen molar-refractivity contribution in [3.05, 3.63) is 0 Å². The lowest BCUT2D eigenvalue weighted by Gasteiger charge is -2.39. The number of hydrogen-bond donors (Lipinski definition) is 5. The van der Waals surface area contributed by atoms with Gasteiger partial charge in [0.05, 0.1) is 6.61 Å². The molecule has 1 aliphatic rings. The molecule has 0 aliphatic carbocycles. The van der Waals surface area contributed by atoms with E-state index in [9.17, 15) is 24.5 Å². The Morgan fingerprint density at radius 1 is 1.44 bits per heavy atom. The van der Waals surface area contributed by atoms with Crippen LogP contribution in [0.25, 0.3) is 0 Å². The molecule has 16 heavy (non-hydrogen) atoms. The average molecular weight is 255 g/mol. The number of carbonyl (C=O) groups excluding carboxylic acids is 1. The predicted octanol–water partition coefficient (Wildman–Crippen LogP) is -2.25. The molecule has 0 spiro atoms. The number of nitrogens with one attached hydrogen (secondary N) is 1. The highest BCUT2D eigenvalue weighted by atomic mass is 31.2. The standard InChI is InChI=1S/C7H14NO7P/c1-3(10)8-7-6(12)5(11)4(2-9)15-16(7,13)14/h4-7,9,11-12H,2H2,1H3,(H,8,10)(H,13,14)/t4-,5-,6+,7-/m1/s1. The van der Waals surface area contributed by atoms with Crippen LogP contribution in [0.1, 0.15) is 6.92 Å². The van der Waals surface area contributed by atoms with E-state index < -0.39 is 44.2 Å². The van der Waals surface area contributed by atoms with Gasteiger partial charge in [0, 0.05) is 6.92 Å². The van der Waals surface area contributed by atoms with Gasteiger partial charge < -0.3 is 25.5 Å². The minimum absolute atomic E-state index is 0.642. The Morgan fingerprint density at radius 3 is 2.44 bits per heavy atom. The third-order valence-electron chi connectivity index (χ3n) is 2.22. The van der Waals surface area contributed by atoms with Crippen LogP contribution in [0.4, 0.5) is 0 Å². The van der Waals surface area contributed by atoms with Gasteiger partial charge in [0.15, 0.2) is 5.78 Å². The minimum atomic E-state index is -4.32. The van der Waals surface area contributed by atoms with E-state index in [0.717, 1.165) is 6.92 Å². The quantitative estimate of drug-likeness (QED) is 0.351. The largest absolute Gasteiger partial charge is 0.394 e. The minimum Gasteiger partial charge on any atom is -0.394 e. The normalized spacial score (nSPS) is 44.1. The van der Waals surface area contributed by atoms with Crippen molar-refractivity contribution in [2.45, 2.75) is 31.0 Å². The molecule has 1 amide bonds. The van der Waals surface area contributed by atoms with E-state index in [1.165, 1.54) is 0 Å². The second kappa shape index (κ2) is 4.79. The summed E-state index contributed by atoms with van der Waals surface area (Å²) in [6.07, 6.45) is -4.57. The molecule has 1 heterocycles. The summed E-state index contributed by atoms with van der Waals surface area (Å²) in [5.74, 6) is -2.24. The first-order valence-electron chi connectivity index (χ1n) is 4.54. The summed E-state index contributed by atoms with van der Waals surface area (Å²) in [5.41, 5.74) is 0. The van der Waals surface area contributed by atoms with Gasteiger partial charge in [-0.25, -0.2) is 0 Å². The van der Waals surface area contributed by atoms with Gasteiger partial charge in [-0.05, 0) is 0 Å². The van der Waals surface area contributed by atoms with Crippen molar-refractivity contribution in [2.75, 3.05) is 6.61 Å². The predicted molar refractivity (Wildman–Crippen MR) is 51.4 cm³/mol. The van der Waals surface area contributed by atoms with Crippen LogP contribution >= 0.6 is 7.60 Å². The molecule has 8 nitrogen and oxygen atoms in total. The number of amides is 1. The first-order valence-corrected chi connectivity index (χ1v) is 6.19. The van der Waals surface area contributed by atoms with Gasteiger partial charge in [-0.3, -0.25) is 13.9 Å². The van der Waals surface area contributed by atoms with Gasteiger partial charge in [-0.15, -0.1) is 0 Å². The van der Waals surface area contributed by atoms with Crippen LogP contribution in [0.3, 0.4) is 0 Å². The van der Waals surface area contributed by atoms with Crippen molar-refractivity contribution in [3.8, 4) is 0 Å². The van der Waals surface area contributed by atoms with Crippen molar-refractivity contribution in [3.63, 3.8) is 0 Å². The zero-order valence-corrected chi connectivity index (χ0v) is 9.37. The van der Waals surface area contributed by atoms with Crippen molar-refractivity contribution >= 4 is 13.5 Å². The van der Waals surface area contributed by atoms with E-state index in [1.807, 2.05) is 5.32 Å². The summed E-state index contributed by atoms with van der Waals surface area (Å²) >= 11 is 0. The molecule has 1 fully saturated rings. The van der Waals surface area contributed by atoms with Crippen LogP contribution in [-0.4, -0.2) is 56.8 Å². The smallest absolute Gasteiger partial charge is 0.353 e. The number of aliphatic hydroxyl groups is 3. The third-order valence-corrected chi connectivity index (χ3v) is 3.93. The van der Waals surface area contributed by atoms with Gasteiger partial charge >= 0.3 is 7.60 Å². The van der Waals surface area contributed by atoms with Crippen molar-refractivity contribution in [1.29, 1.82) is 0 Å². The van der Waals surface area contributed by atoms with E-state index in [2.05, 4.69) is 4.52 Å². The fourth-order valence-electron chi connectivity index (χ4n) is 1.44. The van der Waals surface area contributed by atoms with E-state index in [-0.39, 0.29) is 0 Å². The number of aliphatic hydroxyl groups excluding tert-OH is 3. The SMILES string of the molecule is CC(=O)N[C@H]1[C@@H](O)[C@H](O)[C@@H](CO)OP1(=O)O. The summed E-state index contributed by atoms with van der Waals surface area (Å²) in [4.78, 5) is 20.2. The topological polar surface area (TPSA) is 136 Å². The highest BCUT2D eigenvalue weighted by molar-refractivity contribution is 7.53. The Bertz CT molecular complexity index is 322. The molecule has 1 aliphatic heterocycles. The van der Waals surface area contributed by atoms with Gasteiger partial charge in [0.2, 0.25) is 5.91 Å². The molecule has 0 radical (unpaired) electrons. The maximum Gasteiger partial charge on any atom is 0.353 e. The average Bonchev–Trinajstić information content (AvgIpc) is 2.18. The van der Waals surface area contributed by atoms with Crippen LogP contribution in [0.15, 0.2) is 0 Å². The van der Waals surface area contributed by atoms with Crippen molar-refractivity contribution < 1.29 is 34.1 Å². The molecular weight excluding hydrogens is 241 g/mol. The molecule has 1 rings (SSSR count). The first-order chi connectivity index (χ1) is 7.29. The fourth-order valence-corrected chi connectivity index (χ4v) is 3.06. The Hall–Kier alpha value is -0.500. The molecule has 9 heteroatoms. The summed E-state index contributed by atoms with van der Waals surface area (Å²) in [7, 11) is -4.32. The Balaban J connectivity index is 2.92. The zero-order valence-electron chi connectivity index (χ0n) is 8.48. The fraction of sp³-hybridized carbons (Fsp3) is 0.857. The molecule has 0 bridgehead atoms. The second-order valence-electron chi connectivity index (χ2n) is 3.52. The summed E-state index contributed by atoms with van der Waals surface area (Å²) < 4.78 is 16.1. The molecule has 1 saturated heterocycles. The monoisotopic (exact) mass is 255 g/mol. The van der Waals surface area contributed by atoms with E-state index in [1.54, 1.807) is 0 Å². The summed E-state index contributed by atoms with van der Waals surface area (Å²) in [6.45, 7) is 0.382. The van der Waals surface area contributed by atoms with Crippen LogP contribution in [-0.2, 0) is 13.9 Å². The molecule has 0 aromatic carbocycles.